The molecule has 0 aliphatic carbocycles. The number of hydrogen-bond donors (Lipinski definition) is 2. The van der Waals surface area contributed by atoms with E-state index in [9.17, 15) is 10.2 Å². The molecule has 0 fully saturated rings. The average molecular weight is 284 g/mol. The highest BCUT2D eigenvalue weighted by molar-refractivity contribution is 5.67. The van der Waals surface area contributed by atoms with Gasteiger partial charge in [0.25, 0.3) is 0 Å². The molecule has 0 atom stereocenters. The number of fused-ring (bicyclic) bond motifs is 2. The summed E-state index contributed by atoms with van der Waals surface area (Å²) in [7, 11) is 0. The van der Waals surface area contributed by atoms with Gasteiger partial charge in [-0.1, -0.05) is 18.2 Å². The van der Waals surface area contributed by atoms with E-state index >= 15 is 0 Å². The first kappa shape index (κ1) is 12.0. The molecular formula is C16H12O5. The number of rotatable bonds is 1. The largest absolute Gasteiger partial charge is 0.504 e. The van der Waals surface area contributed by atoms with Crippen molar-refractivity contribution in [1.29, 1.82) is 0 Å². The minimum absolute atomic E-state index is 0.188. The van der Waals surface area contributed by atoms with E-state index in [2.05, 4.69) is 0 Å². The van der Waals surface area contributed by atoms with Crippen molar-refractivity contribution >= 4 is 6.08 Å². The van der Waals surface area contributed by atoms with E-state index in [0.717, 1.165) is 11.1 Å². The molecule has 2 N–H and O–H groups in total. The molecule has 0 saturated heterocycles. The number of allylic oxidation sites excluding steroid dienone is 1. The number of benzene rings is 2. The Bertz CT molecular complexity index is 764. The lowest BCUT2D eigenvalue weighted by Gasteiger charge is -2.04. The first-order valence-electron chi connectivity index (χ1n) is 6.53. The molecule has 4 rings (SSSR count). The highest BCUT2D eigenvalue weighted by atomic mass is 16.7. The molecule has 2 aliphatic heterocycles. The number of ether oxygens (including phenoxy) is 3. The van der Waals surface area contributed by atoms with Gasteiger partial charge >= 0.3 is 0 Å². The maximum atomic E-state index is 9.81. The molecule has 2 aliphatic rings. The van der Waals surface area contributed by atoms with Crippen molar-refractivity contribution < 1.29 is 24.4 Å². The Kier molecular flexibility index (Phi) is 2.47. The second-order valence-electron chi connectivity index (χ2n) is 4.89. The average Bonchev–Trinajstić information content (AvgIpc) is 3.10. The van der Waals surface area contributed by atoms with Crippen LogP contribution in [0.2, 0.25) is 0 Å². The summed E-state index contributed by atoms with van der Waals surface area (Å²) in [6.07, 6.45) is 2.40. The van der Waals surface area contributed by atoms with Crippen molar-refractivity contribution in [3.05, 3.63) is 47.2 Å². The fraction of sp³-hybridized carbons (Fsp3) is 0.125. The zero-order valence-electron chi connectivity index (χ0n) is 11.0. The minimum Gasteiger partial charge on any atom is -0.504 e. The molecule has 0 radical (unpaired) electrons. The van der Waals surface area contributed by atoms with Gasteiger partial charge in [-0.15, -0.1) is 0 Å². The van der Waals surface area contributed by atoms with Crippen LogP contribution in [0.25, 0.3) is 6.08 Å². The number of phenolic OH excluding ortho intramolecular Hbond substituents is 2. The Morgan fingerprint density at radius 2 is 1.90 bits per heavy atom. The van der Waals surface area contributed by atoms with E-state index in [-0.39, 0.29) is 18.3 Å². The van der Waals surface area contributed by atoms with Gasteiger partial charge < -0.3 is 24.4 Å². The zero-order chi connectivity index (χ0) is 14.4. The Labute approximate surface area is 120 Å². The van der Waals surface area contributed by atoms with Crippen molar-refractivity contribution in [2.75, 3.05) is 6.79 Å². The second kappa shape index (κ2) is 4.34. The molecule has 5 nitrogen and oxygen atoms in total. The van der Waals surface area contributed by atoms with Gasteiger partial charge in [-0.05, 0) is 18.2 Å². The summed E-state index contributed by atoms with van der Waals surface area (Å²) in [5.74, 6) is 1.97. The van der Waals surface area contributed by atoms with Crippen LogP contribution >= 0.6 is 0 Å². The number of para-hydroxylation sites is 1. The number of hydrogen-bond acceptors (Lipinski definition) is 5. The first-order valence-corrected chi connectivity index (χ1v) is 6.53. The molecule has 2 heterocycles. The summed E-state index contributed by atoms with van der Waals surface area (Å²) < 4.78 is 16.4. The van der Waals surface area contributed by atoms with E-state index in [1.54, 1.807) is 6.07 Å². The maximum Gasteiger partial charge on any atom is 0.231 e. The topological polar surface area (TPSA) is 68.2 Å². The Hall–Kier alpha value is -2.82. The van der Waals surface area contributed by atoms with Crippen LogP contribution < -0.4 is 14.2 Å². The van der Waals surface area contributed by atoms with Gasteiger partial charge in [0, 0.05) is 17.5 Å². The zero-order valence-corrected chi connectivity index (χ0v) is 11.0. The second-order valence-corrected chi connectivity index (χ2v) is 4.89. The molecule has 21 heavy (non-hydrogen) atoms. The van der Waals surface area contributed by atoms with Crippen LogP contribution in [-0.2, 0) is 6.42 Å². The third-order valence-corrected chi connectivity index (χ3v) is 3.53. The lowest BCUT2D eigenvalue weighted by molar-refractivity contribution is 0.173. The van der Waals surface area contributed by atoms with Crippen molar-refractivity contribution in [2.24, 2.45) is 0 Å². The van der Waals surface area contributed by atoms with Gasteiger partial charge in [0.15, 0.2) is 23.0 Å². The molecule has 0 aromatic heterocycles. The monoisotopic (exact) mass is 284 g/mol. The molecular weight excluding hydrogens is 272 g/mol. The highest BCUT2D eigenvalue weighted by Crippen LogP contribution is 2.45. The van der Waals surface area contributed by atoms with Crippen molar-refractivity contribution in [3.63, 3.8) is 0 Å². The molecule has 0 amide bonds. The van der Waals surface area contributed by atoms with Crippen LogP contribution in [0.1, 0.15) is 11.1 Å². The summed E-state index contributed by atoms with van der Waals surface area (Å²) in [4.78, 5) is 0. The molecule has 5 heteroatoms. The van der Waals surface area contributed by atoms with Crippen LogP contribution in [-0.4, -0.2) is 17.0 Å². The van der Waals surface area contributed by atoms with Crippen LogP contribution in [0.4, 0.5) is 0 Å². The molecule has 2 aromatic carbocycles. The third kappa shape index (κ3) is 1.86. The summed E-state index contributed by atoms with van der Waals surface area (Å²) in [5.41, 5.74) is 1.69. The Balaban J connectivity index is 1.71. The SMILES string of the molecule is Oc1ccc2c(c1O)OC(=Cc1cccc3c1OCO3)C2. The van der Waals surface area contributed by atoms with Gasteiger partial charge in [-0.2, -0.15) is 0 Å². The van der Waals surface area contributed by atoms with Crippen LogP contribution in [0.5, 0.6) is 28.7 Å². The summed E-state index contributed by atoms with van der Waals surface area (Å²) in [6.45, 7) is 0.214. The Morgan fingerprint density at radius 3 is 2.81 bits per heavy atom. The van der Waals surface area contributed by atoms with Crippen molar-refractivity contribution in [3.8, 4) is 28.7 Å². The molecule has 2 aromatic rings. The fourth-order valence-corrected chi connectivity index (χ4v) is 2.53. The lowest BCUT2D eigenvalue weighted by atomic mass is 10.1. The van der Waals surface area contributed by atoms with Gasteiger partial charge in [0.2, 0.25) is 12.5 Å². The lowest BCUT2D eigenvalue weighted by Crippen LogP contribution is -1.94. The minimum atomic E-state index is -0.228. The predicted molar refractivity (Wildman–Crippen MR) is 74.6 cm³/mol. The summed E-state index contributed by atoms with van der Waals surface area (Å²) >= 11 is 0. The van der Waals surface area contributed by atoms with Gasteiger partial charge in [0.1, 0.15) is 5.76 Å². The number of phenols is 2. The van der Waals surface area contributed by atoms with Crippen molar-refractivity contribution in [1.82, 2.24) is 0 Å². The van der Waals surface area contributed by atoms with Crippen molar-refractivity contribution in [2.45, 2.75) is 6.42 Å². The quantitative estimate of drug-likeness (QED) is 0.788. The van der Waals surface area contributed by atoms with Crippen LogP contribution in [0.15, 0.2) is 36.1 Å². The van der Waals surface area contributed by atoms with Gasteiger partial charge in [-0.3, -0.25) is 0 Å². The van der Waals surface area contributed by atoms with E-state index in [1.165, 1.54) is 6.07 Å². The van der Waals surface area contributed by atoms with E-state index in [0.29, 0.717) is 29.4 Å². The highest BCUT2D eigenvalue weighted by Gasteiger charge is 2.24. The van der Waals surface area contributed by atoms with Gasteiger partial charge in [-0.25, -0.2) is 0 Å². The van der Waals surface area contributed by atoms with Gasteiger partial charge in [0.05, 0.1) is 0 Å². The summed E-state index contributed by atoms with van der Waals surface area (Å²) in [6, 6.07) is 8.83. The standard InChI is InChI=1S/C16H12O5/c17-12-5-4-10-7-11(21-16(10)14(12)18)6-9-2-1-3-13-15(9)20-8-19-13/h1-6,17-18H,7-8H2. The molecule has 0 bridgehead atoms. The van der Waals surface area contributed by atoms with Crippen LogP contribution in [0, 0.1) is 0 Å². The normalized spacial score (nSPS) is 16.9. The predicted octanol–water partition coefficient (Wildman–Crippen LogP) is 2.80. The molecule has 0 unspecified atom stereocenters. The molecule has 106 valence electrons. The number of aromatic hydroxyl groups is 2. The van der Waals surface area contributed by atoms with E-state index in [1.807, 2.05) is 24.3 Å². The van der Waals surface area contributed by atoms with Crippen LogP contribution in [0.3, 0.4) is 0 Å². The smallest absolute Gasteiger partial charge is 0.231 e. The maximum absolute atomic E-state index is 9.81. The third-order valence-electron chi connectivity index (χ3n) is 3.53. The molecule has 0 spiro atoms. The van der Waals surface area contributed by atoms with E-state index in [4.69, 9.17) is 14.2 Å². The first-order chi connectivity index (χ1) is 10.2. The molecule has 0 saturated carbocycles. The fourth-order valence-electron chi connectivity index (χ4n) is 2.53. The van der Waals surface area contributed by atoms with E-state index < -0.39 is 0 Å². The Morgan fingerprint density at radius 1 is 1.00 bits per heavy atom. The summed E-state index contributed by atoms with van der Waals surface area (Å²) in [5, 5.41) is 19.3.